The molecule has 0 radical (unpaired) electrons. The van der Waals surface area contributed by atoms with Crippen molar-refractivity contribution < 1.29 is 0 Å². The third-order valence-corrected chi connectivity index (χ3v) is 3.70. The number of nitrogens with zero attached hydrogens (tertiary/aromatic N) is 3. The van der Waals surface area contributed by atoms with Crippen LogP contribution in [0.15, 0.2) is 18.5 Å². The molecule has 1 aromatic heterocycles. The van der Waals surface area contributed by atoms with Crippen LogP contribution in [0.4, 0.5) is 0 Å². The van der Waals surface area contributed by atoms with E-state index in [9.17, 15) is 0 Å². The largest absolute Gasteiger partial charge is 0.329 e. The minimum atomic E-state index is 0.0773. The van der Waals surface area contributed by atoms with Gasteiger partial charge in [-0.1, -0.05) is 20.8 Å². The monoisotopic (exact) mass is 236 g/mol. The third kappa shape index (κ3) is 3.23. The predicted molar refractivity (Wildman–Crippen MR) is 70.5 cm³/mol. The van der Waals surface area contributed by atoms with Crippen molar-refractivity contribution >= 4 is 0 Å². The van der Waals surface area contributed by atoms with Crippen molar-refractivity contribution in [1.29, 1.82) is 0 Å². The number of likely N-dealkylation sites (N-methyl/N-ethyl adjacent to an activating group) is 1. The van der Waals surface area contributed by atoms with E-state index in [-0.39, 0.29) is 5.54 Å². The molecule has 17 heavy (non-hydrogen) atoms. The fourth-order valence-corrected chi connectivity index (χ4v) is 2.31. The number of hydrogen-bond acceptors (Lipinski definition) is 4. The maximum atomic E-state index is 5.98. The SMILES string of the molecule is CCN(Cc1ncccn1)C(CC)(CC)CN. The Labute approximate surface area is 104 Å². The fourth-order valence-electron chi connectivity index (χ4n) is 2.31. The van der Waals surface area contributed by atoms with Gasteiger partial charge in [-0.2, -0.15) is 0 Å². The van der Waals surface area contributed by atoms with Gasteiger partial charge in [0, 0.05) is 24.5 Å². The zero-order valence-corrected chi connectivity index (χ0v) is 11.2. The maximum absolute atomic E-state index is 5.98. The molecule has 96 valence electrons. The Bertz CT molecular complexity index is 300. The zero-order chi connectivity index (χ0) is 12.7. The summed E-state index contributed by atoms with van der Waals surface area (Å²) in [7, 11) is 0. The van der Waals surface area contributed by atoms with Crippen molar-refractivity contribution in [2.24, 2.45) is 5.73 Å². The molecule has 0 aliphatic heterocycles. The molecule has 1 aromatic rings. The summed E-state index contributed by atoms with van der Waals surface area (Å²) in [5, 5.41) is 0. The second kappa shape index (κ2) is 6.67. The molecule has 0 aliphatic carbocycles. The highest BCUT2D eigenvalue weighted by molar-refractivity contribution is 4.94. The lowest BCUT2D eigenvalue weighted by molar-refractivity contribution is 0.0800. The molecule has 0 aliphatic rings. The molecule has 0 unspecified atom stereocenters. The van der Waals surface area contributed by atoms with E-state index in [0.29, 0.717) is 6.54 Å². The van der Waals surface area contributed by atoms with Crippen molar-refractivity contribution in [1.82, 2.24) is 14.9 Å². The molecule has 0 atom stereocenters. The second-order valence-corrected chi connectivity index (χ2v) is 4.31. The summed E-state index contributed by atoms with van der Waals surface area (Å²) in [5.74, 6) is 0.870. The summed E-state index contributed by atoms with van der Waals surface area (Å²) in [6.45, 7) is 8.99. The first kappa shape index (κ1) is 14.1. The van der Waals surface area contributed by atoms with Crippen LogP contribution in [0.3, 0.4) is 0 Å². The third-order valence-electron chi connectivity index (χ3n) is 3.70. The minimum absolute atomic E-state index is 0.0773. The molecule has 0 fully saturated rings. The molecule has 1 heterocycles. The van der Waals surface area contributed by atoms with Gasteiger partial charge in [0.2, 0.25) is 0 Å². The summed E-state index contributed by atoms with van der Waals surface area (Å²) in [6.07, 6.45) is 5.69. The van der Waals surface area contributed by atoms with Crippen molar-refractivity contribution in [3.05, 3.63) is 24.3 Å². The Morgan fingerprint density at radius 2 is 1.76 bits per heavy atom. The average molecular weight is 236 g/mol. The average Bonchev–Trinajstić information content (AvgIpc) is 2.41. The van der Waals surface area contributed by atoms with E-state index in [2.05, 4.69) is 35.6 Å². The molecule has 4 nitrogen and oxygen atoms in total. The van der Waals surface area contributed by atoms with Crippen LogP contribution < -0.4 is 5.73 Å². The standard InChI is InChI=1S/C13H24N4/c1-4-13(5-2,11-14)17(6-3)10-12-15-8-7-9-16-12/h7-9H,4-6,10-11,14H2,1-3H3. The van der Waals surface area contributed by atoms with Gasteiger partial charge in [-0.05, 0) is 25.5 Å². The lowest BCUT2D eigenvalue weighted by Crippen LogP contribution is -2.52. The van der Waals surface area contributed by atoms with Crippen LogP contribution in [0.1, 0.15) is 39.4 Å². The molecule has 0 saturated heterocycles. The first-order valence-corrected chi connectivity index (χ1v) is 6.43. The predicted octanol–water partition coefficient (Wildman–Crippen LogP) is 1.82. The van der Waals surface area contributed by atoms with Gasteiger partial charge >= 0.3 is 0 Å². The van der Waals surface area contributed by atoms with E-state index in [1.165, 1.54) is 0 Å². The Hall–Kier alpha value is -1.00. The van der Waals surface area contributed by atoms with E-state index >= 15 is 0 Å². The summed E-state index contributed by atoms with van der Waals surface area (Å²) >= 11 is 0. The summed E-state index contributed by atoms with van der Waals surface area (Å²) < 4.78 is 0. The molecule has 0 spiro atoms. The number of nitrogens with two attached hydrogens (primary N) is 1. The van der Waals surface area contributed by atoms with Gasteiger partial charge in [0.1, 0.15) is 5.82 Å². The summed E-state index contributed by atoms with van der Waals surface area (Å²) in [5.41, 5.74) is 6.05. The molecule has 1 rings (SSSR count). The van der Waals surface area contributed by atoms with Crippen LogP contribution in [-0.4, -0.2) is 33.5 Å². The van der Waals surface area contributed by atoms with Crippen LogP contribution in [0, 0.1) is 0 Å². The lowest BCUT2D eigenvalue weighted by atomic mass is 9.90. The molecule has 0 saturated carbocycles. The number of rotatable bonds is 7. The Morgan fingerprint density at radius 1 is 1.18 bits per heavy atom. The van der Waals surface area contributed by atoms with Gasteiger partial charge in [0.15, 0.2) is 0 Å². The highest BCUT2D eigenvalue weighted by Crippen LogP contribution is 2.23. The van der Waals surface area contributed by atoms with Crippen LogP contribution in [0.5, 0.6) is 0 Å². The van der Waals surface area contributed by atoms with E-state index < -0.39 is 0 Å². The van der Waals surface area contributed by atoms with Gasteiger partial charge in [-0.25, -0.2) is 9.97 Å². The van der Waals surface area contributed by atoms with E-state index in [4.69, 9.17) is 5.73 Å². The topological polar surface area (TPSA) is 55.0 Å². The van der Waals surface area contributed by atoms with Crippen molar-refractivity contribution in [2.75, 3.05) is 13.1 Å². The highest BCUT2D eigenvalue weighted by Gasteiger charge is 2.31. The van der Waals surface area contributed by atoms with E-state index in [1.54, 1.807) is 12.4 Å². The Balaban J connectivity index is 2.83. The molecular formula is C13H24N4. The molecule has 0 bridgehead atoms. The summed E-state index contributed by atoms with van der Waals surface area (Å²) in [6, 6.07) is 1.84. The molecular weight excluding hydrogens is 212 g/mol. The first-order chi connectivity index (χ1) is 8.22. The lowest BCUT2D eigenvalue weighted by Gasteiger charge is -2.41. The Morgan fingerprint density at radius 3 is 2.18 bits per heavy atom. The first-order valence-electron chi connectivity index (χ1n) is 6.43. The normalized spacial score (nSPS) is 12.1. The van der Waals surface area contributed by atoms with Crippen molar-refractivity contribution in [3.8, 4) is 0 Å². The molecule has 0 amide bonds. The molecule has 4 heteroatoms. The molecule has 2 N–H and O–H groups in total. The van der Waals surface area contributed by atoms with Gasteiger partial charge < -0.3 is 5.73 Å². The van der Waals surface area contributed by atoms with Gasteiger partial charge in [0.05, 0.1) is 6.54 Å². The minimum Gasteiger partial charge on any atom is -0.329 e. The number of hydrogen-bond donors (Lipinski definition) is 1. The summed E-state index contributed by atoms with van der Waals surface area (Å²) in [4.78, 5) is 11.0. The zero-order valence-electron chi connectivity index (χ0n) is 11.2. The van der Waals surface area contributed by atoms with Crippen LogP contribution in [-0.2, 0) is 6.54 Å². The molecule has 0 aromatic carbocycles. The smallest absolute Gasteiger partial charge is 0.142 e. The van der Waals surface area contributed by atoms with Gasteiger partial charge in [0.25, 0.3) is 0 Å². The fraction of sp³-hybridized carbons (Fsp3) is 0.692. The number of aromatic nitrogens is 2. The second-order valence-electron chi connectivity index (χ2n) is 4.31. The highest BCUT2D eigenvalue weighted by atomic mass is 15.2. The van der Waals surface area contributed by atoms with Crippen molar-refractivity contribution in [3.63, 3.8) is 0 Å². The van der Waals surface area contributed by atoms with Gasteiger partial charge in [-0.15, -0.1) is 0 Å². The van der Waals surface area contributed by atoms with Gasteiger partial charge in [-0.3, -0.25) is 4.90 Å². The van der Waals surface area contributed by atoms with Crippen LogP contribution in [0.25, 0.3) is 0 Å². The van der Waals surface area contributed by atoms with E-state index in [1.807, 2.05) is 6.07 Å². The van der Waals surface area contributed by atoms with E-state index in [0.717, 1.165) is 31.8 Å². The van der Waals surface area contributed by atoms with Crippen LogP contribution in [0.2, 0.25) is 0 Å². The maximum Gasteiger partial charge on any atom is 0.142 e. The Kier molecular flexibility index (Phi) is 5.51. The quantitative estimate of drug-likeness (QED) is 0.784. The van der Waals surface area contributed by atoms with Crippen molar-refractivity contribution in [2.45, 2.75) is 45.7 Å². The van der Waals surface area contributed by atoms with Crippen LogP contribution >= 0.6 is 0 Å².